The lowest BCUT2D eigenvalue weighted by molar-refractivity contribution is -0.935. The first kappa shape index (κ1) is 20.3. The standard InChI is InChI=1S/C21H27F3N2/c1-5-11-25(17(4)16(2)3)15-20-10-7-12-26(20)14-18-8-6-9-19(13-18)21(22,23)24/h5-10,12-13,16-17H,1,11,14-15H2,2-4H3/p+1/t17-/m1/s1. The molecule has 0 aliphatic rings. The Labute approximate surface area is 153 Å². The lowest BCUT2D eigenvalue weighted by Crippen LogP contribution is -3.14. The number of alkyl halides is 3. The maximum Gasteiger partial charge on any atom is 0.416 e. The summed E-state index contributed by atoms with van der Waals surface area (Å²) in [4.78, 5) is 1.40. The number of hydrogen-bond acceptors (Lipinski definition) is 0. The fraction of sp³-hybridized carbons (Fsp3) is 0.429. The summed E-state index contributed by atoms with van der Waals surface area (Å²) in [5.41, 5.74) is 1.17. The van der Waals surface area contributed by atoms with E-state index in [9.17, 15) is 13.2 Å². The second-order valence-corrected chi connectivity index (χ2v) is 7.19. The van der Waals surface area contributed by atoms with Gasteiger partial charge in [-0.05, 0) is 42.8 Å². The third-order valence-electron chi connectivity index (χ3n) is 4.99. The normalized spacial score (nSPS) is 14.4. The summed E-state index contributed by atoms with van der Waals surface area (Å²) in [7, 11) is 0. The smallest absolute Gasteiger partial charge is 0.342 e. The molecule has 2 aromatic rings. The maximum atomic E-state index is 12.9. The third kappa shape index (κ3) is 5.24. The van der Waals surface area contributed by atoms with Crippen LogP contribution < -0.4 is 4.90 Å². The van der Waals surface area contributed by atoms with Crippen molar-refractivity contribution in [1.29, 1.82) is 0 Å². The Balaban J connectivity index is 2.19. The fourth-order valence-corrected chi connectivity index (χ4v) is 3.12. The van der Waals surface area contributed by atoms with Crippen LogP contribution in [0.2, 0.25) is 0 Å². The minimum Gasteiger partial charge on any atom is -0.342 e. The molecule has 1 aromatic carbocycles. The summed E-state index contributed by atoms with van der Waals surface area (Å²) in [6.07, 6.45) is -0.456. The van der Waals surface area contributed by atoms with Gasteiger partial charge in [0, 0.05) is 18.7 Å². The van der Waals surface area contributed by atoms with Crippen molar-refractivity contribution in [3.63, 3.8) is 0 Å². The van der Waals surface area contributed by atoms with Gasteiger partial charge in [-0.1, -0.05) is 32.6 Å². The first-order chi connectivity index (χ1) is 12.2. The zero-order chi connectivity index (χ0) is 19.3. The molecular formula is C21H28F3N2+. The summed E-state index contributed by atoms with van der Waals surface area (Å²) < 4.78 is 40.8. The molecule has 2 nitrogen and oxygen atoms in total. The SMILES string of the molecule is C=CC[NH+](Cc1cccn1Cc1cccc(C(F)(F)F)c1)[C@H](C)C(C)C. The van der Waals surface area contributed by atoms with Crippen LogP contribution in [0.1, 0.15) is 37.6 Å². The Kier molecular flexibility index (Phi) is 6.70. The molecule has 0 saturated carbocycles. The topological polar surface area (TPSA) is 9.37 Å². The number of nitrogens with one attached hydrogen (secondary N) is 1. The molecule has 0 aliphatic heterocycles. The molecule has 0 radical (unpaired) electrons. The van der Waals surface area contributed by atoms with Crippen molar-refractivity contribution in [2.75, 3.05) is 6.54 Å². The van der Waals surface area contributed by atoms with Crippen molar-refractivity contribution in [1.82, 2.24) is 4.57 Å². The quantitative estimate of drug-likeness (QED) is 0.673. The van der Waals surface area contributed by atoms with Gasteiger partial charge in [-0.15, -0.1) is 0 Å². The first-order valence-corrected chi connectivity index (χ1v) is 8.98. The van der Waals surface area contributed by atoms with Crippen molar-refractivity contribution < 1.29 is 18.1 Å². The van der Waals surface area contributed by atoms with Crippen LogP contribution in [0, 0.1) is 5.92 Å². The van der Waals surface area contributed by atoms with E-state index >= 15 is 0 Å². The third-order valence-corrected chi connectivity index (χ3v) is 4.99. The highest BCUT2D eigenvalue weighted by atomic mass is 19.4. The Bertz CT molecular complexity index is 716. The van der Waals surface area contributed by atoms with E-state index in [4.69, 9.17) is 0 Å². The first-order valence-electron chi connectivity index (χ1n) is 8.98. The van der Waals surface area contributed by atoms with Crippen molar-refractivity contribution in [2.24, 2.45) is 5.92 Å². The zero-order valence-electron chi connectivity index (χ0n) is 15.7. The van der Waals surface area contributed by atoms with Gasteiger partial charge in [0.15, 0.2) is 0 Å². The second kappa shape index (κ2) is 8.58. The largest absolute Gasteiger partial charge is 0.416 e. The molecule has 1 N–H and O–H groups in total. The van der Waals surface area contributed by atoms with Crippen molar-refractivity contribution in [2.45, 2.75) is 46.1 Å². The molecule has 1 aromatic heterocycles. The minimum absolute atomic E-state index is 0.434. The summed E-state index contributed by atoms with van der Waals surface area (Å²) in [6.45, 7) is 12.6. The van der Waals surface area contributed by atoms with E-state index < -0.39 is 11.7 Å². The number of aromatic nitrogens is 1. The molecule has 0 saturated heterocycles. The molecule has 5 heteroatoms. The van der Waals surface area contributed by atoms with Gasteiger partial charge in [0.1, 0.15) is 6.54 Å². The van der Waals surface area contributed by atoms with Crippen LogP contribution in [0.5, 0.6) is 0 Å². The molecule has 0 spiro atoms. The Morgan fingerprint density at radius 1 is 1.15 bits per heavy atom. The van der Waals surface area contributed by atoms with E-state index in [1.54, 1.807) is 6.07 Å². The van der Waals surface area contributed by atoms with Crippen LogP contribution in [0.15, 0.2) is 55.3 Å². The number of nitrogens with zero attached hydrogens (tertiary/aromatic N) is 1. The maximum absolute atomic E-state index is 12.9. The van der Waals surface area contributed by atoms with Gasteiger partial charge < -0.3 is 9.47 Å². The van der Waals surface area contributed by atoms with E-state index in [1.165, 1.54) is 17.0 Å². The van der Waals surface area contributed by atoms with Crippen LogP contribution in [0.4, 0.5) is 13.2 Å². The van der Waals surface area contributed by atoms with Crippen LogP contribution >= 0.6 is 0 Å². The van der Waals surface area contributed by atoms with Gasteiger partial charge in [-0.3, -0.25) is 0 Å². The van der Waals surface area contributed by atoms with Crippen molar-refractivity contribution in [3.8, 4) is 0 Å². The molecule has 0 bridgehead atoms. The Hall–Kier alpha value is -2.01. The van der Waals surface area contributed by atoms with E-state index in [-0.39, 0.29) is 0 Å². The number of benzene rings is 1. The van der Waals surface area contributed by atoms with Crippen LogP contribution in [0.25, 0.3) is 0 Å². The van der Waals surface area contributed by atoms with Crippen LogP contribution in [-0.4, -0.2) is 17.2 Å². The molecule has 142 valence electrons. The average molecular weight is 365 g/mol. The summed E-state index contributed by atoms with van der Waals surface area (Å²) in [5, 5.41) is 0. The Morgan fingerprint density at radius 3 is 2.50 bits per heavy atom. The van der Waals surface area contributed by atoms with E-state index in [0.29, 0.717) is 24.1 Å². The fourth-order valence-electron chi connectivity index (χ4n) is 3.12. The highest BCUT2D eigenvalue weighted by Gasteiger charge is 2.30. The summed E-state index contributed by atoms with van der Waals surface area (Å²) in [6, 6.07) is 10.0. The molecule has 0 aliphatic carbocycles. The van der Waals surface area contributed by atoms with Gasteiger partial charge in [0.2, 0.25) is 0 Å². The molecule has 0 fully saturated rings. The molecule has 1 unspecified atom stereocenters. The molecule has 26 heavy (non-hydrogen) atoms. The molecule has 2 atom stereocenters. The lowest BCUT2D eigenvalue weighted by Gasteiger charge is -2.28. The predicted molar refractivity (Wildman–Crippen MR) is 99.0 cm³/mol. The molecule has 2 rings (SSSR count). The summed E-state index contributed by atoms with van der Waals surface area (Å²) in [5.74, 6) is 0.539. The second-order valence-electron chi connectivity index (χ2n) is 7.19. The molecule has 1 heterocycles. The van der Waals surface area contributed by atoms with Gasteiger partial charge in [-0.25, -0.2) is 0 Å². The van der Waals surface area contributed by atoms with Crippen molar-refractivity contribution >= 4 is 0 Å². The monoisotopic (exact) mass is 365 g/mol. The predicted octanol–water partition coefficient (Wildman–Crippen LogP) is 4.17. The van der Waals surface area contributed by atoms with Gasteiger partial charge >= 0.3 is 6.18 Å². The zero-order valence-corrected chi connectivity index (χ0v) is 15.7. The van der Waals surface area contributed by atoms with Crippen molar-refractivity contribution in [3.05, 3.63) is 72.1 Å². The van der Waals surface area contributed by atoms with Gasteiger partial charge in [0.05, 0.1) is 23.8 Å². The van der Waals surface area contributed by atoms with E-state index in [0.717, 1.165) is 24.8 Å². The molecular weight excluding hydrogens is 337 g/mol. The highest BCUT2D eigenvalue weighted by Crippen LogP contribution is 2.29. The summed E-state index contributed by atoms with van der Waals surface area (Å²) >= 11 is 0. The van der Waals surface area contributed by atoms with E-state index in [1.807, 2.05) is 29.0 Å². The van der Waals surface area contributed by atoms with Crippen LogP contribution in [-0.2, 0) is 19.3 Å². The Morgan fingerprint density at radius 2 is 1.88 bits per heavy atom. The van der Waals surface area contributed by atoms with Crippen LogP contribution in [0.3, 0.4) is 0 Å². The lowest BCUT2D eigenvalue weighted by atomic mass is 10.0. The van der Waals surface area contributed by atoms with Gasteiger partial charge in [0.25, 0.3) is 0 Å². The number of rotatable bonds is 8. The number of halogens is 3. The number of hydrogen-bond donors (Lipinski definition) is 1. The van der Waals surface area contributed by atoms with Gasteiger partial charge in [-0.2, -0.15) is 13.2 Å². The molecule has 0 amide bonds. The highest BCUT2D eigenvalue weighted by molar-refractivity contribution is 5.26. The van der Waals surface area contributed by atoms with E-state index in [2.05, 4.69) is 27.4 Å². The minimum atomic E-state index is -4.31. The number of quaternary nitrogens is 1. The average Bonchev–Trinajstić information content (AvgIpc) is 3.00.